The number of hydrogen-bond donors (Lipinski definition) is 2. The van der Waals surface area contributed by atoms with Gasteiger partial charge < -0.3 is 10.6 Å². The van der Waals surface area contributed by atoms with Crippen LogP contribution in [0.5, 0.6) is 0 Å². The summed E-state index contributed by atoms with van der Waals surface area (Å²) in [7, 11) is 0. The van der Waals surface area contributed by atoms with Crippen LogP contribution < -0.4 is 10.6 Å². The van der Waals surface area contributed by atoms with Crippen molar-refractivity contribution in [2.45, 2.75) is 12.8 Å². The lowest BCUT2D eigenvalue weighted by Gasteiger charge is -2.05. The Hall–Kier alpha value is -1.77. The molecule has 0 aliphatic heterocycles. The molecule has 1 aromatic carbocycles. The maximum absolute atomic E-state index is 11.1. The van der Waals surface area contributed by atoms with Crippen LogP contribution in [0.3, 0.4) is 0 Å². The molecule has 3 heteroatoms. The van der Waals surface area contributed by atoms with Crippen molar-refractivity contribution in [1.82, 2.24) is 10.6 Å². The molecule has 16 heavy (non-hydrogen) atoms. The molecule has 0 radical (unpaired) electrons. The maximum Gasteiger partial charge on any atom is 0.315 e. The zero-order valence-corrected chi connectivity index (χ0v) is 9.41. The quantitative estimate of drug-likeness (QED) is 0.557. The summed E-state index contributed by atoms with van der Waals surface area (Å²) in [6.07, 6.45) is 3.59. The number of benzene rings is 1. The average molecular weight is 218 g/mol. The standard InChI is InChI=1S/C13H18N2O/c1-2-10-14-13(16)15-11-6-9-12-7-4-3-5-8-12/h2-5,7-8H,1,6,9-11H2,(H2,14,15,16). The third-order valence-corrected chi connectivity index (χ3v) is 2.18. The Bertz CT molecular complexity index is 322. The summed E-state index contributed by atoms with van der Waals surface area (Å²) < 4.78 is 0. The van der Waals surface area contributed by atoms with Crippen molar-refractivity contribution in [2.75, 3.05) is 13.1 Å². The normalized spacial score (nSPS) is 9.50. The summed E-state index contributed by atoms with van der Waals surface area (Å²) in [5.41, 5.74) is 1.30. The topological polar surface area (TPSA) is 41.1 Å². The Balaban J connectivity index is 2.08. The molecule has 0 aliphatic rings. The number of aryl methyl sites for hydroxylation is 1. The predicted molar refractivity (Wildman–Crippen MR) is 66.4 cm³/mol. The fourth-order valence-electron chi connectivity index (χ4n) is 1.37. The van der Waals surface area contributed by atoms with Gasteiger partial charge in [0.1, 0.15) is 0 Å². The first-order valence-corrected chi connectivity index (χ1v) is 5.49. The van der Waals surface area contributed by atoms with E-state index in [1.54, 1.807) is 6.08 Å². The van der Waals surface area contributed by atoms with E-state index in [0.717, 1.165) is 12.8 Å². The van der Waals surface area contributed by atoms with Crippen molar-refractivity contribution in [2.24, 2.45) is 0 Å². The minimum Gasteiger partial charge on any atom is -0.338 e. The summed E-state index contributed by atoms with van der Waals surface area (Å²) in [5, 5.41) is 5.45. The Kier molecular flexibility index (Phi) is 5.78. The Morgan fingerprint density at radius 1 is 1.25 bits per heavy atom. The van der Waals surface area contributed by atoms with Crippen molar-refractivity contribution in [3.05, 3.63) is 48.6 Å². The molecule has 0 unspecified atom stereocenters. The van der Waals surface area contributed by atoms with E-state index in [1.165, 1.54) is 5.56 Å². The molecule has 3 nitrogen and oxygen atoms in total. The second-order valence-corrected chi connectivity index (χ2v) is 3.51. The lowest BCUT2D eigenvalue weighted by atomic mass is 10.1. The van der Waals surface area contributed by atoms with Crippen LogP contribution in [0.25, 0.3) is 0 Å². The predicted octanol–water partition coefficient (Wildman–Crippen LogP) is 2.10. The molecule has 0 saturated carbocycles. The van der Waals surface area contributed by atoms with Gasteiger partial charge in [-0.05, 0) is 18.4 Å². The second kappa shape index (κ2) is 7.51. The molecule has 1 rings (SSSR count). The molecule has 0 heterocycles. The molecule has 0 saturated heterocycles. The van der Waals surface area contributed by atoms with Crippen LogP contribution in [0.1, 0.15) is 12.0 Å². The summed E-state index contributed by atoms with van der Waals surface area (Å²) in [6.45, 7) is 4.72. The summed E-state index contributed by atoms with van der Waals surface area (Å²) >= 11 is 0. The average Bonchev–Trinajstić information content (AvgIpc) is 2.33. The van der Waals surface area contributed by atoms with Gasteiger partial charge in [-0.1, -0.05) is 36.4 Å². The highest BCUT2D eigenvalue weighted by Gasteiger charge is 1.96. The Morgan fingerprint density at radius 2 is 2.00 bits per heavy atom. The first-order chi connectivity index (χ1) is 7.83. The number of urea groups is 1. The molecule has 0 bridgehead atoms. The Morgan fingerprint density at radius 3 is 2.69 bits per heavy atom. The van der Waals surface area contributed by atoms with Crippen molar-refractivity contribution >= 4 is 6.03 Å². The third-order valence-electron chi connectivity index (χ3n) is 2.18. The van der Waals surface area contributed by atoms with E-state index in [2.05, 4.69) is 29.3 Å². The lowest BCUT2D eigenvalue weighted by Crippen LogP contribution is -2.36. The maximum atomic E-state index is 11.1. The number of nitrogens with one attached hydrogen (secondary N) is 2. The van der Waals surface area contributed by atoms with Crippen LogP contribution in [0.2, 0.25) is 0 Å². The molecular weight excluding hydrogens is 200 g/mol. The van der Waals surface area contributed by atoms with Crippen LogP contribution in [0.4, 0.5) is 4.79 Å². The molecule has 0 aliphatic carbocycles. The highest BCUT2D eigenvalue weighted by atomic mass is 16.2. The molecule has 0 atom stereocenters. The fraction of sp³-hybridized carbons (Fsp3) is 0.308. The number of carbonyl (C=O) groups is 1. The van der Waals surface area contributed by atoms with Gasteiger partial charge in [-0.2, -0.15) is 0 Å². The summed E-state index contributed by atoms with van der Waals surface area (Å²) in [6, 6.07) is 10.1. The van der Waals surface area contributed by atoms with Gasteiger partial charge in [-0.3, -0.25) is 0 Å². The minimum atomic E-state index is -0.132. The van der Waals surface area contributed by atoms with Gasteiger partial charge in [0, 0.05) is 13.1 Å². The number of rotatable bonds is 6. The number of carbonyl (C=O) groups excluding carboxylic acids is 1. The second-order valence-electron chi connectivity index (χ2n) is 3.51. The van der Waals surface area contributed by atoms with E-state index in [0.29, 0.717) is 13.1 Å². The van der Waals surface area contributed by atoms with Gasteiger partial charge in [-0.15, -0.1) is 6.58 Å². The molecule has 0 fully saturated rings. The van der Waals surface area contributed by atoms with E-state index >= 15 is 0 Å². The zero-order valence-electron chi connectivity index (χ0n) is 9.41. The molecule has 0 spiro atoms. The van der Waals surface area contributed by atoms with Crippen molar-refractivity contribution in [1.29, 1.82) is 0 Å². The minimum absolute atomic E-state index is 0.132. The van der Waals surface area contributed by atoms with Gasteiger partial charge >= 0.3 is 6.03 Å². The van der Waals surface area contributed by atoms with Crippen LogP contribution in [0, 0.1) is 0 Å². The van der Waals surface area contributed by atoms with Crippen molar-refractivity contribution < 1.29 is 4.79 Å². The number of hydrogen-bond acceptors (Lipinski definition) is 1. The van der Waals surface area contributed by atoms with Crippen LogP contribution in [-0.4, -0.2) is 19.1 Å². The Labute approximate surface area is 96.6 Å². The largest absolute Gasteiger partial charge is 0.338 e. The molecule has 2 amide bonds. The molecule has 1 aromatic rings. The van der Waals surface area contributed by atoms with E-state index < -0.39 is 0 Å². The monoisotopic (exact) mass is 218 g/mol. The van der Waals surface area contributed by atoms with E-state index in [9.17, 15) is 4.79 Å². The van der Waals surface area contributed by atoms with Gasteiger partial charge in [0.15, 0.2) is 0 Å². The van der Waals surface area contributed by atoms with E-state index in [-0.39, 0.29) is 6.03 Å². The third kappa shape index (κ3) is 5.20. The van der Waals surface area contributed by atoms with Gasteiger partial charge in [0.25, 0.3) is 0 Å². The first kappa shape index (κ1) is 12.3. The van der Waals surface area contributed by atoms with Crippen molar-refractivity contribution in [3.63, 3.8) is 0 Å². The van der Waals surface area contributed by atoms with Crippen molar-refractivity contribution in [3.8, 4) is 0 Å². The van der Waals surface area contributed by atoms with Gasteiger partial charge in [-0.25, -0.2) is 4.79 Å². The highest BCUT2D eigenvalue weighted by molar-refractivity contribution is 5.73. The zero-order chi connectivity index (χ0) is 11.6. The molecular formula is C13H18N2O. The first-order valence-electron chi connectivity index (χ1n) is 5.49. The van der Waals surface area contributed by atoms with Crippen LogP contribution >= 0.6 is 0 Å². The van der Waals surface area contributed by atoms with Crippen LogP contribution in [-0.2, 0) is 6.42 Å². The molecule has 0 aromatic heterocycles. The fourth-order valence-corrected chi connectivity index (χ4v) is 1.37. The van der Waals surface area contributed by atoms with Gasteiger partial charge in [0.05, 0.1) is 0 Å². The molecule has 86 valence electrons. The summed E-state index contributed by atoms with van der Waals surface area (Å²) in [4.78, 5) is 11.1. The summed E-state index contributed by atoms with van der Waals surface area (Å²) in [5.74, 6) is 0. The number of amides is 2. The van der Waals surface area contributed by atoms with E-state index in [4.69, 9.17) is 0 Å². The SMILES string of the molecule is C=CCNC(=O)NCCCc1ccccc1. The molecule has 2 N–H and O–H groups in total. The lowest BCUT2D eigenvalue weighted by molar-refractivity contribution is 0.242. The smallest absolute Gasteiger partial charge is 0.315 e. The van der Waals surface area contributed by atoms with E-state index in [1.807, 2.05) is 18.2 Å². The van der Waals surface area contributed by atoms with Gasteiger partial charge in [0.2, 0.25) is 0 Å². The highest BCUT2D eigenvalue weighted by Crippen LogP contribution is 2.01. The van der Waals surface area contributed by atoms with Crippen LogP contribution in [0.15, 0.2) is 43.0 Å².